The lowest BCUT2D eigenvalue weighted by Crippen LogP contribution is -2.55. The molecule has 5 heteroatoms. The highest BCUT2D eigenvalue weighted by atomic mass is 16.2. The summed E-state index contributed by atoms with van der Waals surface area (Å²) in [5.74, 6) is 0.233. The molecule has 1 aliphatic heterocycles. The molecule has 26 heavy (non-hydrogen) atoms. The van der Waals surface area contributed by atoms with Crippen LogP contribution in [0.25, 0.3) is 0 Å². The van der Waals surface area contributed by atoms with Crippen molar-refractivity contribution in [1.29, 1.82) is 0 Å². The van der Waals surface area contributed by atoms with Crippen molar-refractivity contribution in [2.24, 2.45) is 5.92 Å². The van der Waals surface area contributed by atoms with Crippen LogP contribution in [0.1, 0.15) is 57.1 Å². The van der Waals surface area contributed by atoms with E-state index < -0.39 is 6.04 Å². The average Bonchev–Trinajstić information content (AvgIpc) is 3.13. The summed E-state index contributed by atoms with van der Waals surface area (Å²) in [6.45, 7) is 4.85. The van der Waals surface area contributed by atoms with Crippen molar-refractivity contribution in [3.05, 3.63) is 35.4 Å². The van der Waals surface area contributed by atoms with Gasteiger partial charge >= 0.3 is 0 Å². The Kier molecular flexibility index (Phi) is 6.30. The first-order valence-corrected chi connectivity index (χ1v) is 9.94. The maximum absolute atomic E-state index is 12.8. The van der Waals surface area contributed by atoms with Crippen LogP contribution in [0.4, 0.5) is 0 Å². The Morgan fingerprint density at radius 2 is 1.85 bits per heavy atom. The van der Waals surface area contributed by atoms with E-state index in [-0.39, 0.29) is 23.9 Å². The molecule has 1 aliphatic carbocycles. The molecule has 0 bridgehead atoms. The van der Waals surface area contributed by atoms with E-state index in [9.17, 15) is 9.59 Å². The Balaban J connectivity index is 1.60. The molecular weight excluding hydrogens is 326 g/mol. The van der Waals surface area contributed by atoms with E-state index in [1.54, 1.807) is 0 Å². The third kappa shape index (κ3) is 4.85. The first kappa shape index (κ1) is 18.9. The standard InChI is InChI=1S/C21H31N3O2/c1-14(2)11-19(21(26)23-17-9-5-6-10-17)24-20(25)18-12-15-7-3-4-8-16(15)13-22-18/h3-4,7-8,14,17-19,22H,5-6,9-13H2,1-2H3,(H,23,26)(H,24,25)/t18-,19-/m1/s1. The molecule has 0 aromatic heterocycles. The largest absolute Gasteiger partial charge is 0.352 e. The van der Waals surface area contributed by atoms with Crippen molar-refractivity contribution in [1.82, 2.24) is 16.0 Å². The fourth-order valence-electron chi connectivity index (χ4n) is 3.99. The molecule has 2 amide bonds. The second-order valence-electron chi connectivity index (χ2n) is 8.09. The molecule has 1 aromatic carbocycles. The highest BCUT2D eigenvalue weighted by molar-refractivity contribution is 5.90. The molecule has 0 spiro atoms. The summed E-state index contributed by atoms with van der Waals surface area (Å²) in [5, 5.41) is 9.45. The van der Waals surface area contributed by atoms with Crippen molar-refractivity contribution in [2.45, 2.75) is 77.0 Å². The third-order valence-electron chi connectivity index (χ3n) is 5.44. The number of hydrogen-bond acceptors (Lipinski definition) is 3. The van der Waals surface area contributed by atoms with Gasteiger partial charge in [0.2, 0.25) is 11.8 Å². The van der Waals surface area contributed by atoms with Gasteiger partial charge in [0.25, 0.3) is 0 Å². The van der Waals surface area contributed by atoms with Gasteiger partial charge in [0.05, 0.1) is 6.04 Å². The predicted molar refractivity (Wildman–Crippen MR) is 103 cm³/mol. The van der Waals surface area contributed by atoms with Gasteiger partial charge in [0.15, 0.2) is 0 Å². The van der Waals surface area contributed by atoms with Crippen LogP contribution in [0.15, 0.2) is 24.3 Å². The monoisotopic (exact) mass is 357 g/mol. The highest BCUT2D eigenvalue weighted by Gasteiger charge is 2.29. The van der Waals surface area contributed by atoms with Gasteiger partial charge in [-0.05, 0) is 42.7 Å². The zero-order valence-electron chi connectivity index (χ0n) is 15.9. The summed E-state index contributed by atoms with van der Waals surface area (Å²) >= 11 is 0. The molecule has 0 saturated heterocycles. The van der Waals surface area contributed by atoms with Gasteiger partial charge < -0.3 is 16.0 Å². The van der Waals surface area contributed by atoms with Crippen molar-refractivity contribution in [3.63, 3.8) is 0 Å². The lowest BCUT2D eigenvalue weighted by Gasteiger charge is -2.28. The van der Waals surface area contributed by atoms with E-state index in [1.807, 2.05) is 12.1 Å². The number of nitrogens with one attached hydrogen (secondary N) is 3. The Labute approximate surface area is 156 Å². The molecule has 0 radical (unpaired) electrons. The third-order valence-corrected chi connectivity index (χ3v) is 5.44. The number of carbonyl (C=O) groups excluding carboxylic acids is 2. The normalized spacial score (nSPS) is 21.3. The van der Waals surface area contributed by atoms with Crippen LogP contribution in [0.2, 0.25) is 0 Å². The smallest absolute Gasteiger partial charge is 0.242 e. The minimum atomic E-state index is -0.456. The molecule has 0 unspecified atom stereocenters. The lowest BCUT2D eigenvalue weighted by atomic mass is 9.95. The Morgan fingerprint density at radius 1 is 1.15 bits per heavy atom. The number of benzene rings is 1. The average molecular weight is 357 g/mol. The second kappa shape index (κ2) is 8.67. The van der Waals surface area contributed by atoms with E-state index in [2.05, 4.69) is 41.9 Å². The fraction of sp³-hybridized carbons (Fsp3) is 0.619. The summed E-state index contributed by atoms with van der Waals surface area (Å²) in [5.41, 5.74) is 2.46. The van der Waals surface area contributed by atoms with Gasteiger partial charge in [-0.1, -0.05) is 51.0 Å². The van der Waals surface area contributed by atoms with Crippen LogP contribution in [-0.4, -0.2) is 29.9 Å². The first-order chi connectivity index (χ1) is 12.5. The minimum absolute atomic E-state index is 0.0323. The first-order valence-electron chi connectivity index (χ1n) is 9.94. The molecule has 1 saturated carbocycles. The summed E-state index contributed by atoms with van der Waals surface area (Å²) in [7, 11) is 0. The van der Waals surface area contributed by atoms with Crippen LogP contribution in [0.3, 0.4) is 0 Å². The summed E-state index contributed by atoms with van der Waals surface area (Å²) in [6.07, 6.45) is 5.79. The maximum Gasteiger partial charge on any atom is 0.242 e. The Hall–Kier alpha value is -1.88. The summed E-state index contributed by atoms with van der Waals surface area (Å²) < 4.78 is 0. The van der Waals surface area contributed by atoms with Crippen LogP contribution < -0.4 is 16.0 Å². The Morgan fingerprint density at radius 3 is 2.54 bits per heavy atom. The fourth-order valence-corrected chi connectivity index (χ4v) is 3.99. The molecule has 142 valence electrons. The topological polar surface area (TPSA) is 70.2 Å². The van der Waals surface area contributed by atoms with E-state index in [4.69, 9.17) is 0 Å². The SMILES string of the molecule is CC(C)C[C@@H](NC(=O)[C@H]1Cc2ccccc2CN1)C(=O)NC1CCCC1. The van der Waals surface area contributed by atoms with E-state index in [0.29, 0.717) is 25.3 Å². The van der Waals surface area contributed by atoms with Crippen LogP contribution in [-0.2, 0) is 22.6 Å². The van der Waals surface area contributed by atoms with Gasteiger partial charge in [-0.3, -0.25) is 9.59 Å². The number of carbonyl (C=O) groups is 2. The van der Waals surface area contributed by atoms with E-state index in [0.717, 1.165) is 12.8 Å². The molecule has 1 fully saturated rings. The maximum atomic E-state index is 12.8. The number of fused-ring (bicyclic) bond motifs is 1. The molecule has 5 nitrogen and oxygen atoms in total. The Bertz CT molecular complexity index is 638. The number of hydrogen-bond donors (Lipinski definition) is 3. The van der Waals surface area contributed by atoms with Crippen LogP contribution in [0, 0.1) is 5.92 Å². The zero-order chi connectivity index (χ0) is 18.5. The van der Waals surface area contributed by atoms with Crippen molar-refractivity contribution >= 4 is 11.8 Å². The van der Waals surface area contributed by atoms with Crippen LogP contribution >= 0.6 is 0 Å². The molecule has 3 rings (SSSR count). The van der Waals surface area contributed by atoms with Gasteiger partial charge in [-0.2, -0.15) is 0 Å². The van der Waals surface area contributed by atoms with E-state index in [1.165, 1.54) is 24.0 Å². The molecule has 2 aliphatic rings. The molecule has 1 heterocycles. The second-order valence-corrected chi connectivity index (χ2v) is 8.09. The molecule has 1 aromatic rings. The lowest BCUT2D eigenvalue weighted by molar-refractivity contribution is -0.130. The van der Waals surface area contributed by atoms with Gasteiger partial charge in [0, 0.05) is 12.6 Å². The van der Waals surface area contributed by atoms with Crippen molar-refractivity contribution in [3.8, 4) is 0 Å². The molecule has 2 atom stereocenters. The highest BCUT2D eigenvalue weighted by Crippen LogP contribution is 2.19. The van der Waals surface area contributed by atoms with Gasteiger partial charge in [0.1, 0.15) is 6.04 Å². The number of amides is 2. The van der Waals surface area contributed by atoms with Crippen molar-refractivity contribution < 1.29 is 9.59 Å². The quantitative estimate of drug-likeness (QED) is 0.732. The minimum Gasteiger partial charge on any atom is -0.352 e. The van der Waals surface area contributed by atoms with Crippen LogP contribution in [0.5, 0.6) is 0 Å². The van der Waals surface area contributed by atoms with Gasteiger partial charge in [-0.15, -0.1) is 0 Å². The summed E-state index contributed by atoms with van der Waals surface area (Å²) in [6, 6.07) is 7.74. The van der Waals surface area contributed by atoms with Crippen molar-refractivity contribution in [2.75, 3.05) is 0 Å². The molecular formula is C21H31N3O2. The summed E-state index contributed by atoms with van der Waals surface area (Å²) in [4.78, 5) is 25.5. The molecule has 3 N–H and O–H groups in total. The van der Waals surface area contributed by atoms with Gasteiger partial charge in [-0.25, -0.2) is 0 Å². The van der Waals surface area contributed by atoms with E-state index >= 15 is 0 Å². The zero-order valence-corrected chi connectivity index (χ0v) is 15.9. The number of rotatable bonds is 6. The predicted octanol–water partition coefficient (Wildman–Crippen LogP) is 2.29.